The van der Waals surface area contributed by atoms with E-state index < -0.39 is 0 Å². The summed E-state index contributed by atoms with van der Waals surface area (Å²) < 4.78 is 5.45. The van der Waals surface area contributed by atoms with E-state index in [1.807, 2.05) is 0 Å². The largest absolute Gasteiger partial charge is 0.508 e. The van der Waals surface area contributed by atoms with Gasteiger partial charge < -0.3 is 9.84 Å². The van der Waals surface area contributed by atoms with Gasteiger partial charge in [0.05, 0.1) is 15.6 Å². The van der Waals surface area contributed by atoms with Crippen molar-refractivity contribution in [1.82, 2.24) is 0 Å². The molecule has 3 rings (SSSR count). The first-order valence-electron chi connectivity index (χ1n) is 5.77. The minimum atomic E-state index is -0.230. The van der Waals surface area contributed by atoms with E-state index in [9.17, 15) is 9.90 Å². The molecule has 0 atom stereocenters. The zero-order chi connectivity index (χ0) is 14.3. The van der Waals surface area contributed by atoms with Crippen LogP contribution in [0.3, 0.4) is 0 Å². The second-order valence-electron chi connectivity index (χ2n) is 4.29. The van der Waals surface area contributed by atoms with Gasteiger partial charge in [-0.05, 0) is 35.9 Å². The summed E-state index contributed by atoms with van der Waals surface area (Å²) in [6.45, 7) is 0. The second-order valence-corrected chi connectivity index (χ2v) is 5.11. The van der Waals surface area contributed by atoms with Crippen molar-refractivity contribution in [2.24, 2.45) is 0 Å². The number of fused-ring (bicyclic) bond motifs is 1. The number of phenols is 1. The Morgan fingerprint density at radius 3 is 2.60 bits per heavy atom. The molecule has 0 saturated carbocycles. The van der Waals surface area contributed by atoms with E-state index in [0.717, 1.165) is 0 Å². The van der Waals surface area contributed by atoms with Crippen molar-refractivity contribution in [3.05, 3.63) is 63.3 Å². The van der Waals surface area contributed by atoms with Crippen molar-refractivity contribution in [2.45, 2.75) is 0 Å². The van der Waals surface area contributed by atoms with E-state index in [-0.39, 0.29) is 17.3 Å². The molecule has 0 fully saturated rings. The fraction of sp³-hybridized carbons (Fsp3) is 0. The first-order chi connectivity index (χ1) is 9.54. The van der Waals surface area contributed by atoms with Gasteiger partial charge in [0.25, 0.3) is 0 Å². The first-order valence-corrected chi connectivity index (χ1v) is 6.52. The van der Waals surface area contributed by atoms with Crippen molar-refractivity contribution < 1.29 is 14.6 Å². The molecule has 0 spiro atoms. The van der Waals surface area contributed by atoms with Gasteiger partial charge in [0, 0.05) is 6.07 Å². The van der Waals surface area contributed by atoms with Crippen molar-refractivity contribution in [3.8, 4) is 11.5 Å². The van der Waals surface area contributed by atoms with Crippen molar-refractivity contribution in [1.29, 1.82) is 0 Å². The number of hydrogen-bond acceptors (Lipinski definition) is 3. The van der Waals surface area contributed by atoms with Crippen molar-refractivity contribution in [3.63, 3.8) is 0 Å². The predicted molar refractivity (Wildman–Crippen MR) is 77.5 cm³/mol. The number of halogens is 2. The summed E-state index contributed by atoms with van der Waals surface area (Å²) in [6.07, 6.45) is 1.58. The number of phenolic OH excluding ortho intramolecular Hbond substituents is 1. The van der Waals surface area contributed by atoms with Crippen LogP contribution in [-0.2, 0) is 0 Å². The molecule has 0 amide bonds. The molecule has 1 aliphatic rings. The van der Waals surface area contributed by atoms with Crippen LogP contribution in [0.2, 0.25) is 10.0 Å². The number of ketones is 1. The zero-order valence-electron chi connectivity index (χ0n) is 10.1. The van der Waals surface area contributed by atoms with E-state index in [2.05, 4.69) is 0 Å². The van der Waals surface area contributed by atoms with E-state index in [4.69, 9.17) is 27.9 Å². The van der Waals surface area contributed by atoms with Crippen LogP contribution in [0.4, 0.5) is 0 Å². The summed E-state index contributed by atoms with van der Waals surface area (Å²) in [7, 11) is 0. The zero-order valence-corrected chi connectivity index (χ0v) is 11.6. The lowest BCUT2D eigenvalue weighted by molar-refractivity contribution is 0.101. The second kappa shape index (κ2) is 4.85. The fourth-order valence-electron chi connectivity index (χ4n) is 1.93. The molecule has 0 bridgehead atoms. The highest BCUT2D eigenvalue weighted by molar-refractivity contribution is 6.42. The van der Waals surface area contributed by atoms with Crippen LogP contribution >= 0.6 is 23.2 Å². The molecule has 1 N–H and O–H groups in total. The van der Waals surface area contributed by atoms with E-state index >= 15 is 0 Å². The standard InChI is InChI=1S/C15H8Cl2O3/c16-11-4-1-8(5-12(11)17)6-14-15(19)10-3-2-9(18)7-13(10)20-14/h1-7,18H/b14-6+. The predicted octanol–water partition coefficient (Wildman–Crippen LogP) is 4.32. The number of ether oxygens (including phenoxy) is 1. The summed E-state index contributed by atoms with van der Waals surface area (Å²) in [5.74, 6) is 0.351. The fourth-order valence-corrected chi connectivity index (χ4v) is 2.24. The lowest BCUT2D eigenvalue weighted by Crippen LogP contribution is -1.97. The number of hydrogen-bond donors (Lipinski definition) is 1. The molecule has 0 aliphatic carbocycles. The Hall–Kier alpha value is -1.97. The third-order valence-corrected chi connectivity index (χ3v) is 3.63. The van der Waals surface area contributed by atoms with Crippen LogP contribution in [0.15, 0.2) is 42.2 Å². The van der Waals surface area contributed by atoms with Crippen LogP contribution in [0.25, 0.3) is 6.08 Å². The highest BCUT2D eigenvalue weighted by Crippen LogP contribution is 2.34. The van der Waals surface area contributed by atoms with Crippen LogP contribution in [0.1, 0.15) is 15.9 Å². The average Bonchev–Trinajstić information content (AvgIpc) is 2.70. The van der Waals surface area contributed by atoms with Crippen molar-refractivity contribution in [2.75, 3.05) is 0 Å². The van der Waals surface area contributed by atoms with Gasteiger partial charge in [-0.2, -0.15) is 0 Å². The topological polar surface area (TPSA) is 46.5 Å². The molecule has 5 heteroatoms. The van der Waals surface area contributed by atoms with Crippen LogP contribution in [0.5, 0.6) is 11.5 Å². The highest BCUT2D eigenvalue weighted by Gasteiger charge is 2.27. The molecule has 0 radical (unpaired) electrons. The van der Waals surface area contributed by atoms with Crippen LogP contribution < -0.4 is 4.74 Å². The number of allylic oxidation sites excluding steroid dienone is 1. The van der Waals surface area contributed by atoms with Gasteiger partial charge in [-0.15, -0.1) is 0 Å². The minimum Gasteiger partial charge on any atom is -0.508 e. The highest BCUT2D eigenvalue weighted by atomic mass is 35.5. The van der Waals surface area contributed by atoms with Crippen LogP contribution in [0, 0.1) is 0 Å². The quantitative estimate of drug-likeness (QED) is 0.798. The van der Waals surface area contributed by atoms with Crippen molar-refractivity contribution >= 4 is 35.1 Å². The molecular formula is C15H8Cl2O3. The minimum absolute atomic E-state index is 0.0485. The Morgan fingerprint density at radius 1 is 1.05 bits per heavy atom. The molecule has 1 heterocycles. The smallest absolute Gasteiger partial charge is 0.231 e. The molecule has 20 heavy (non-hydrogen) atoms. The lowest BCUT2D eigenvalue weighted by Gasteiger charge is -2.00. The van der Waals surface area contributed by atoms with Gasteiger partial charge in [-0.3, -0.25) is 4.79 Å². The third-order valence-electron chi connectivity index (χ3n) is 2.89. The maximum Gasteiger partial charge on any atom is 0.231 e. The Bertz CT molecular complexity index is 751. The molecule has 100 valence electrons. The normalized spacial score (nSPS) is 15.3. The lowest BCUT2D eigenvalue weighted by atomic mass is 10.1. The third kappa shape index (κ3) is 2.26. The maximum atomic E-state index is 12.1. The maximum absolute atomic E-state index is 12.1. The summed E-state index contributed by atoms with van der Waals surface area (Å²) in [4.78, 5) is 12.1. The number of Topliss-reactive ketones (excluding diaryl/α,β-unsaturated/α-hetero) is 1. The molecule has 3 nitrogen and oxygen atoms in total. The number of benzene rings is 2. The van der Waals surface area contributed by atoms with E-state index in [1.165, 1.54) is 18.2 Å². The van der Waals surface area contributed by atoms with Gasteiger partial charge in [0.2, 0.25) is 5.78 Å². The summed E-state index contributed by atoms with van der Waals surface area (Å²) in [6, 6.07) is 9.41. The van der Waals surface area contributed by atoms with E-state index in [1.54, 1.807) is 24.3 Å². The molecule has 1 aliphatic heterocycles. The molecule has 0 unspecified atom stereocenters. The van der Waals surface area contributed by atoms with Crippen LogP contribution in [-0.4, -0.2) is 10.9 Å². The number of rotatable bonds is 1. The van der Waals surface area contributed by atoms with Gasteiger partial charge in [0.1, 0.15) is 11.5 Å². The number of carbonyl (C=O) groups excluding carboxylic acids is 1. The van der Waals surface area contributed by atoms with Gasteiger partial charge in [0.15, 0.2) is 5.76 Å². The molecule has 0 aromatic heterocycles. The summed E-state index contributed by atoms with van der Waals surface area (Å²) >= 11 is 11.8. The van der Waals surface area contributed by atoms with Gasteiger partial charge in [-0.1, -0.05) is 29.3 Å². The number of carbonyl (C=O) groups is 1. The van der Waals surface area contributed by atoms with Gasteiger partial charge in [-0.25, -0.2) is 0 Å². The Balaban J connectivity index is 1.99. The first kappa shape index (κ1) is 13.0. The monoisotopic (exact) mass is 306 g/mol. The Morgan fingerprint density at radius 2 is 1.85 bits per heavy atom. The summed E-state index contributed by atoms with van der Waals surface area (Å²) in [5.41, 5.74) is 1.13. The van der Waals surface area contributed by atoms with E-state index in [0.29, 0.717) is 26.9 Å². The Labute approximate surface area is 125 Å². The molecule has 2 aromatic rings. The summed E-state index contributed by atoms with van der Waals surface area (Å²) in [5, 5.41) is 10.2. The SMILES string of the molecule is O=C1/C(=C\c2ccc(Cl)c(Cl)c2)Oc2cc(O)ccc21. The number of aromatic hydroxyl groups is 1. The Kier molecular flexibility index (Phi) is 3.16. The molecule has 2 aromatic carbocycles. The molecule has 0 saturated heterocycles. The molecular weight excluding hydrogens is 299 g/mol. The average molecular weight is 307 g/mol. The van der Waals surface area contributed by atoms with Gasteiger partial charge >= 0.3 is 0 Å².